The first-order valence-corrected chi connectivity index (χ1v) is 9.13. The number of carbonyl (C=O) groups excluding carboxylic acids is 1. The van der Waals surface area contributed by atoms with Crippen molar-refractivity contribution in [2.24, 2.45) is 0 Å². The molecule has 0 aliphatic carbocycles. The van der Waals surface area contributed by atoms with E-state index >= 15 is 0 Å². The molecule has 6 nitrogen and oxygen atoms in total. The van der Waals surface area contributed by atoms with Crippen LogP contribution in [0.2, 0.25) is 0 Å². The van der Waals surface area contributed by atoms with Gasteiger partial charge in [-0.2, -0.15) is 0 Å². The van der Waals surface area contributed by atoms with Crippen molar-refractivity contribution < 1.29 is 19.0 Å². The second-order valence-corrected chi connectivity index (χ2v) is 6.72. The number of piperidine rings is 1. The van der Waals surface area contributed by atoms with Crippen molar-refractivity contribution >= 4 is 5.91 Å². The zero-order valence-electron chi connectivity index (χ0n) is 14.9. The highest BCUT2D eigenvalue weighted by molar-refractivity contribution is 5.77. The summed E-state index contributed by atoms with van der Waals surface area (Å²) in [6.45, 7) is 3.97. The average molecular weight is 348 g/mol. The van der Waals surface area contributed by atoms with E-state index in [0.29, 0.717) is 17.6 Å². The summed E-state index contributed by atoms with van der Waals surface area (Å²) >= 11 is 0. The Morgan fingerprint density at radius 2 is 2.00 bits per heavy atom. The van der Waals surface area contributed by atoms with E-state index in [9.17, 15) is 4.79 Å². The summed E-state index contributed by atoms with van der Waals surface area (Å²) in [4.78, 5) is 14.6. The van der Waals surface area contributed by atoms with Crippen molar-refractivity contribution in [1.82, 2.24) is 10.2 Å². The lowest BCUT2D eigenvalue weighted by Crippen LogP contribution is -2.47. The number of hydrogen-bond donors (Lipinski definition) is 1. The van der Waals surface area contributed by atoms with Crippen LogP contribution < -0.4 is 14.8 Å². The molecule has 1 atom stereocenters. The van der Waals surface area contributed by atoms with Gasteiger partial charge in [-0.05, 0) is 37.8 Å². The summed E-state index contributed by atoms with van der Waals surface area (Å²) in [6, 6.07) is 7.58. The summed E-state index contributed by atoms with van der Waals surface area (Å²) in [6.07, 6.45) is 4.72. The molecule has 0 aromatic heterocycles. The fourth-order valence-corrected chi connectivity index (χ4v) is 3.49. The van der Waals surface area contributed by atoms with Gasteiger partial charge in [0.1, 0.15) is 0 Å². The molecule has 1 amide bonds. The summed E-state index contributed by atoms with van der Waals surface area (Å²) in [5.74, 6) is 1.15. The monoisotopic (exact) mass is 348 g/mol. The molecule has 138 valence electrons. The SMILES string of the molecule is COc1ccccc1OCC(=O)NC1CCN(CC2CCCO2)CC1. The van der Waals surface area contributed by atoms with E-state index in [1.807, 2.05) is 18.2 Å². The Morgan fingerprint density at radius 1 is 1.24 bits per heavy atom. The van der Waals surface area contributed by atoms with Gasteiger partial charge < -0.3 is 24.4 Å². The van der Waals surface area contributed by atoms with Crippen LogP contribution in [0.25, 0.3) is 0 Å². The molecule has 3 rings (SSSR count). The Labute approximate surface area is 149 Å². The molecule has 0 saturated carbocycles. The molecule has 1 aromatic rings. The summed E-state index contributed by atoms with van der Waals surface area (Å²) in [7, 11) is 1.59. The van der Waals surface area contributed by atoms with Crippen molar-refractivity contribution in [3.8, 4) is 11.5 Å². The Balaban J connectivity index is 1.36. The van der Waals surface area contributed by atoms with Gasteiger partial charge in [-0.15, -0.1) is 0 Å². The molecule has 6 heteroatoms. The number of nitrogens with zero attached hydrogens (tertiary/aromatic N) is 1. The quantitative estimate of drug-likeness (QED) is 0.815. The second-order valence-electron chi connectivity index (χ2n) is 6.72. The maximum Gasteiger partial charge on any atom is 0.258 e. The maximum absolute atomic E-state index is 12.1. The predicted molar refractivity (Wildman–Crippen MR) is 95.1 cm³/mol. The van der Waals surface area contributed by atoms with Crippen LogP contribution in [0.5, 0.6) is 11.5 Å². The van der Waals surface area contributed by atoms with Gasteiger partial charge in [-0.25, -0.2) is 0 Å². The number of amides is 1. The lowest BCUT2D eigenvalue weighted by Gasteiger charge is -2.33. The van der Waals surface area contributed by atoms with Gasteiger partial charge in [0.15, 0.2) is 18.1 Å². The molecule has 1 N–H and O–H groups in total. The van der Waals surface area contributed by atoms with Crippen molar-refractivity contribution in [2.75, 3.05) is 40.0 Å². The second kappa shape index (κ2) is 9.06. The molecule has 0 spiro atoms. The number of ether oxygens (including phenoxy) is 3. The molecule has 25 heavy (non-hydrogen) atoms. The lowest BCUT2D eigenvalue weighted by molar-refractivity contribution is -0.124. The van der Waals surface area contributed by atoms with E-state index in [2.05, 4.69) is 10.2 Å². The van der Waals surface area contributed by atoms with Crippen LogP contribution in [0.15, 0.2) is 24.3 Å². The number of carbonyl (C=O) groups is 1. The third-order valence-corrected chi connectivity index (χ3v) is 4.87. The van der Waals surface area contributed by atoms with Crippen LogP contribution in [0, 0.1) is 0 Å². The van der Waals surface area contributed by atoms with Crippen LogP contribution in [0.3, 0.4) is 0 Å². The Hall–Kier alpha value is -1.79. The van der Waals surface area contributed by atoms with E-state index < -0.39 is 0 Å². The van der Waals surface area contributed by atoms with Crippen LogP contribution in [0.1, 0.15) is 25.7 Å². The van der Waals surface area contributed by atoms with Crippen molar-refractivity contribution in [3.63, 3.8) is 0 Å². The van der Waals surface area contributed by atoms with Gasteiger partial charge in [0.25, 0.3) is 5.91 Å². The van der Waals surface area contributed by atoms with Gasteiger partial charge in [0, 0.05) is 32.3 Å². The number of hydrogen-bond acceptors (Lipinski definition) is 5. The fourth-order valence-electron chi connectivity index (χ4n) is 3.49. The van der Waals surface area contributed by atoms with E-state index in [-0.39, 0.29) is 18.6 Å². The number of rotatable bonds is 7. The van der Waals surface area contributed by atoms with Crippen LogP contribution in [0.4, 0.5) is 0 Å². The summed E-state index contributed by atoms with van der Waals surface area (Å²) in [5, 5.41) is 3.08. The van der Waals surface area contributed by atoms with E-state index in [1.54, 1.807) is 13.2 Å². The largest absolute Gasteiger partial charge is 0.493 e. The van der Waals surface area contributed by atoms with E-state index in [1.165, 1.54) is 12.8 Å². The van der Waals surface area contributed by atoms with Gasteiger partial charge in [0.05, 0.1) is 13.2 Å². The Bertz CT molecular complexity index is 552. The van der Waals surface area contributed by atoms with Gasteiger partial charge in [-0.3, -0.25) is 4.79 Å². The highest BCUT2D eigenvalue weighted by atomic mass is 16.5. The third kappa shape index (κ3) is 5.34. The zero-order valence-corrected chi connectivity index (χ0v) is 14.9. The zero-order chi connectivity index (χ0) is 17.5. The van der Waals surface area contributed by atoms with E-state index in [4.69, 9.17) is 14.2 Å². The first-order valence-electron chi connectivity index (χ1n) is 9.13. The maximum atomic E-state index is 12.1. The first kappa shape index (κ1) is 18.0. The average Bonchev–Trinajstić information content (AvgIpc) is 3.15. The van der Waals surface area contributed by atoms with Crippen molar-refractivity contribution in [3.05, 3.63) is 24.3 Å². The number of benzene rings is 1. The first-order chi connectivity index (χ1) is 12.2. The minimum atomic E-state index is -0.0801. The Kier molecular flexibility index (Phi) is 6.53. The van der Waals surface area contributed by atoms with Crippen LogP contribution in [-0.2, 0) is 9.53 Å². The van der Waals surface area contributed by atoms with Crippen molar-refractivity contribution in [2.45, 2.75) is 37.8 Å². The summed E-state index contributed by atoms with van der Waals surface area (Å²) < 4.78 is 16.5. The number of para-hydroxylation sites is 2. The molecule has 2 fully saturated rings. The smallest absolute Gasteiger partial charge is 0.258 e. The molecular weight excluding hydrogens is 320 g/mol. The van der Waals surface area contributed by atoms with Gasteiger partial charge >= 0.3 is 0 Å². The number of methoxy groups -OCH3 is 1. The topological polar surface area (TPSA) is 60.0 Å². The minimum absolute atomic E-state index is 0.0104. The van der Waals surface area contributed by atoms with E-state index in [0.717, 1.165) is 39.1 Å². The van der Waals surface area contributed by atoms with Gasteiger partial charge in [-0.1, -0.05) is 12.1 Å². The molecule has 1 aromatic carbocycles. The molecule has 0 radical (unpaired) electrons. The summed E-state index contributed by atoms with van der Waals surface area (Å²) in [5.41, 5.74) is 0. The van der Waals surface area contributed by atoms with Crippen LogP contribution >= 0.6 is 0 Å². The molecular formula is C19H28N2O4. The highest BCUT2D eigenvalue weighted by Gasteiger charge is 2.24. The molecule has 2 aliphatic heterocycles. The fraction of sp³-hybridized carbons (Fsp3) is 0.632. The highest BCUT2D eigenvalue weighted by Crippen LogP contribution is 2.25. The third-order valence-electron chi connectivity index (χ3n) is 4.87. The Morgan fingerprint density at radius 3 is 2.68 bits per heavy atom. The molecule has 2 heterocycles. The predicted octanol–water partition coefficient (Wildman–Crippen LogP) is 1.83. The van der Waals surface area contributed by atoms with Gasteiger partial charge in [0.2, 0.25) is 0 Å². The normalized spacial score (nSPS) is 21.9. The number of likely N-dealkylation sites (tertiary alicyclic amines) is 1. The lowest BCUT2D eigenvalue weighted by atomic mass is 10.0. The standard InChI is InChI=1S/C19H28N2O4/c1-23-17-6-2-3-7-18(17)25-14-19(22)20-15-8-10-21(11-9-15)13-16-5-4-12-24-16/h2-3,6-7,15-16H,4-5,8-14H2,1H3,(H,20,22). The minimum Gasteiger partial charge on any atom is -0.493 e. The van der Waals surface area contributed by atoms with Crippen LogP contribution in [-0.4, -0.2) is 62.9 Å². The molecule has 2 saturated heterocycles. The molecule has 1 unspecified atom stereocenters. The van der Waals surface area contributed by atoms with Crippen molar-refractivity contribution in [1.29, 1.82) is 0 Å². The molecule has 2 aliphatic rings. The molecule has 0 bridgehead atoms. The number of nitrogens with one attached hydrogen (secondary N) is 1.